The molecule has 1 fully saturated rings. The normalized spacial score (nSPS) is 16.2. The van der Waals surface area contributed by atoms with Crippen molar-refractivity contribution in [2.75, 3.05) is 31.1 Å². The zero-order valence-corrected chi connectivity index (χ0v) is 12.0. The standard InChI is InChI=1S/C12H12BrClN4/c13-9-5-8-11(6-10(9)14)16-7-17-12(8)18-3-1-15-2-4-18/h5-7,15H,1-4H2. The number of benzene rings is 1. The van der Waals surface area contributed by atoms with Crippen LogP contribution in [0.3, 0.4) is 0 Å². The number of nitrogens with one attached hydrogen (secondary N) is 1. The van der Waals surface area contributed by atoms with E-state index in [1.807, 2.05) is 12.1 Å². The van der Waals surface area contributed by atoms with Gasteiger partial charge >= 0.3 is 0 Å². The molecule has 1 aromatic carbocycles. The first kappa shape index (κ1) is 12.1. The van der Waals surface area contributed by atoms with Crippen LogP contribution in [0.25, 0.3) is 10.9 Å². The van der Waals surface area contributed by atoms with Crippen LogP contribution in [-0.2, 0) is 0 Å². The summed E-state index contributed by atoms with van der Waals surface area (Å²) in [6, 6.07) is 3.86. The molecule has 1 aliphatic heterocycles. The van der Waals surface area contributed by atoms with Gasteiger partial charge in [0.15, 0.2) is 0 Å². The Hall–Kier alpha value is -0.910. The summed E-state index contributed by atoms with van der Waals surface area (Å²) in [6.45, 7) is 3.90. The molecular weight excluding hydrogens is 316 g/mol. The molecule has 1 saturated heterocycles. The minimum Gasteiger partial charge on any atom is -0.353 e. The van der Waals surface area contributed by atoms with E-state index in [0.717, 1.165) is 47.4 Å². The minimum absolute atomic E-state index is 0.674. The lowest BCUT2D eigenvalue weighted by Gasteiger charge is -2.29. The van der Waals surface area contributed by atoms with Crippen molar-refractivity contribution in [1.29, 1.82) is 0 Å². The molecule has 1 aliphatic rings. The molecule has 0 bridgehead atoms. The maximum absolute atomic E-state index is 6.09. The predicted octanol–water partition coefficient (Wildman–Crippen LogP) is 2.46. The molecule has 0 unspecified atom stereocenters. The summed E-state index contributed by atoms with van der Waals surface area (Å²) in [6.07, 6.45) is 1.60. The lowest BCUT2D eigenvalue weighted by Crippen LogP contribution is -2.44. The van der Waals surface area contributed by atoms with E-state index in [-0.39, 0.29) is 0 Å². The summed E-state index contributed by atoms with van der Waals surface area (Å²) in [7, 11) is 0. The zero-order valence-electron chi connectivity index (χ0n) is 9.66. The Labute approximate surface area is 118 Å². The van der Waals surface area contributed by atoms with Crippen LogP contribution in [0.2, 0.25) is 5.02 Å². The van der Waals surface area contributed by atoms with E-state index in [0.29, 0.717) is 5.02 Å². The highest BCUT2D eigenvalue weighted by Crippen LogP contribution is 2.31. The van der Waals surface area contributed by atoms with E-state index in [1.54, 1.807) is 6.33 Å². The number of hydrogen-bond acceptors (Lipinski definition) is 4. The quantitative estimate of drug-likeness (QED) is 0.873. The molecule has 1 N–H and O–H groups in total. The number of hydrogen-bond donors (Lipinski definition) is 1. The third-order valence-electron chi connectivity index (χ3n) is 3.07. The van der Waals surface area contributed by atoms with Gasteiger partial charge in [-0.15, -0.1) is 0 Å². The molecule has 0 saturated carbocycles. The minimum atomic E-state index is 0.674. The van der Waals surface area contributed by atoms with Crippen molar-refractivity contribution < 1.29 is 0 Å². The van der Waals surface area contributed by atoms with Gasteiger partial charge in [0, 0.05) is 36.0 Å². The molecule has 18 heavy (non-hydrogen) atoms. The van der Waals surface area contributed by atoms with Crippen LogP contribution in [0.1, 0.15) is 0 Å². The second-order valence-electron chi connectivity index (χ2n) is 4.22. The van der Waals surface area contributed by atoms with E-state index in [1.165, 1.54) is 0 Å². The van der Waals surface area contributed by atoms with Gasteiger partial charge in [-0.3, -0.25) is 0 Å². The van der Waals surface area contributed by atoms with Crippen molar-refractivity contribution in [2.24, 2.45) is 0 Å². The summed E-state index contributed by atoms with van der Waals surface area (Å²) < 4.78 is 0.878. The van der Waals surface area contributed by atoms with Gasteiger partial charge in [0.1, 0.15) is 12.1 Å². The third-order valence-corrected chi connectivity index (χ3v) is 4.27. The molecule has 0 atom stereocenters. The van der Waals surface area contributed by atoms with Crippen molar-refractivity contribution in [2.45, 2.75) is 0 Å². The summed E-state index contributed by atoms with van der Waals surface area (Å²) in [5, 5.41) is 5.05. The average molecular weight is 328 g/mol. The molecule has 94 valence electrons. The second kappa shape index (κ2) is 4.99. The summed E-state index contributed by atoms with van der Waals surface area (Å²) >= 11 is 9.55. The van der Waals surface area contributed by atoms with Crippen molar-refractivity contribution in [3.05, 3.63) is 28.0 Å². The van der Waals surface area contributed by atoms with Gasteiger partial charge in [0.2, 0.25) is 0 Å². The summed E-state index contributed by atoms with van der Waals surface area (Å²) in [5.41, 5.74) is 0.881. The Kier molecular flexibility index (Phi) is 3.37. The lowest BCUT2D eigenvalue weighted by molar-refractivity contribution is 0.586. The first-order chi connectivity index (χ1) is 8.75. The monoisotopic (exact) mass is 326 g/mol. The fourth-order valence-corrected chi connectivity index (χ4v) is 2.67. The van der Waals surface area contributed by atoms with Gasteiger partial charge in [-0.1, -0.05) is 11.6 Å². The van der Waals surface area contributed by atoms with Crippen molar-refractivity contribution in [3.8, 4) is 0 Å². The van der Waals surface area contributed by atoms with Gasteiger partial charge in [0.25, 0.3) is 0 Å². The highest BCUT2D eigenvalue weighted by atomic mass is 79.9. The summed E-state index contributed by atoms with van der Waals surface area (Å²) in [5.74, 6) is 0.985. The molecule has 2 heterocycles. The number of piperazine rings is 1. The number of nitrogens with zero attached hydrogens (tertiary/aromatic N) is 3. The maximum Gasteiger partial charge on any atom is 0.140 e. The molecule has 6 heteroatoms. The molecule has 0 aliphatic carbocycles. The zero-order chi connectivity index (χ0) is 12.5. The van der Waals surface area contributed by atoms with Gasteiger partial charge < -0.3 is 10.2 Å². The van der Waals surface area contributed by atoms with E-state index in [4.69, 9.17) is 11.6 Å². The Morgan fingerprint density at radius 2 is 2.00 bits per heavy atom. The second-order valence-corrected chi connectivity index (χ2v) is 5.48. The van der Waals surface area contributed by atoms with Crippen LogP contribution in [0.5, 0.6) is 0 Å². The maximum atomic E-state index is 6.09. The van der Waals surface area contributed by atoms with Gasteiger partial charge in [0.05, 0.1) is 10.5 Å². The van der Waals surface area contributed by atoms with E-state index >= 15 is 0 Å². The fourth-order valence-electron chi connectivity index (χ4n) is 2.17. The molecule has 0 spiro atoms. The highest BCUT2D eigenvalue weighted by Gasteiger charge is 2.15. The molecule has 1 aromatic heterocycles. The van der Waals surface area contributed by atoms with Crippen molar-refractivity contribution in [1.82, 2.24) is 15.3 Å². The number of fused-ring (bicyclic) bond motifs is 1. The van der Waals surface area contributed by atoms with Crippen LogP contribution in [0.15, 0.2) is 22.9 Å². The van der Waals surface area contributed by atoms with E-state index < -0.39 is 0 Å². The average Bonchev–Trinajstić information content (AvgIpc) is 2.40. The Bertz CT molecular complexity index is 584. The molecule has 2 aromatic rings. The number of anilines is 1. The smallest absolute Gasteiger partial charge is 0.140 e. The fraction of sp³-hybridized carbons (Fsp3) is 0.333. The third kappa shape index (κ3) is 2.18. The largest absolute Gasteiger partial charge is 0.353 e. The predicted molar refractivity (Wildman–Crippen MR) is 77.3 cm³/mol. The number of rotatable bonds is 1. The number of aromatic nitrogens is 2. The molecular formula is C12H12BrClN4. The van der Waals surface area contributed by atoms with Crippen LogP contribution in [-0.4, -0.2) is 36.1 Å². The van der Waals surface area contributed by atoms with E-state index in [9.17, 15) is 0 Å². The first-order valence-electron chi connectivity index (χ1n) is 5.81. The van der Waals surface area contributed by atoms with Crippen molar-refractivity contribution in [3.63, 3.8) is 0 Å². The first-order valence-corrected chi connectivity index (χ1v) is 6.98. The Morgan fingerprint density at radius 1 is 1.22 bits per heavy atom. The molecule has 3 rings (SSSR count). The van der Waals surface area contributed by atoms with Crippen LogP contribution in [0, 0.1) is 0 Å². The SMILES string of the molecule is Clc1cc2ncnc(N3CCNCC3)c2cc1Br. The van der Waals surface area contributed by atoms with Crippen LogP contribution in [0.4, 0.5) is 5.82 Å². The number of halogens is 2. The highest BCUT2D eigenvalue weighted by molar-refractivity contribution is 9.10. The topological polar surface area (TPSA) is 41.1 Å². The Morgan fingerprint density at radius 3 is 2.78 bits per heavy atom. The lowest BCUT2D eigenvalue weighted by atomic mass is 10.2. The van der Waals surface area contributed by atoms with Gasteiger partial charge in [-0.05, 0) is 28.1 Å². The molecule has 0 amide bonds. The van der Waals surface area contributed by atoms with Crippen molar-refractivity contribution >= 4 is 44.3 Å². The Balaban J connectivity index is 2.13. The van der Waals surface area contributed by atoms with Gasteiger partial charge in [-0.25, -0.2) is 9.97 Å². The molecule has 4 nitrogen and oxygen atoms in total. The van der Waals surface area contributed by atoms with E-state index in [2.05, 4.69) is 36.1 Å². The van der Waals surface area contributed by atoms with Gasteiger partial charge in [-0.2, -0.15) is 0 Å². The summed E-state index contributed by atoms with van der Waals surface area (Å²) in [4.78, 5) is 11.0. The van der Waals surface area contributed by atoms with Crippen LogP contribution < -0.4 is 10.2 Å². The molecule has 0 radical (unpaired) electrons. The van der Waals surface area contributed by atoms with Crippen LogP contribution >= 0.6 is 27.5 Å².